The highest BCUT2D eigenvalue weighted by atomic mass is 32.2. The zero-order valence-electron chi connectivity index (χ0n) is 11.8. The van der Waals surface area contributed by atoms with Gasteiger partial charge in [-0.3, -0.25) is 0 Å². The molecule has 4 atom stereocenters. The number of fused-ring (bicyclic) bond motifs is 1. The van der Waals surface area contributed by atoms with Crippen LogP contribution in [0.1, 0.15) is 25.7 Å². The van der Waals surface area contributed by atoms with E-state index in [-0.39, 0.29) is 48.5 Å². The first-order valence-corrected chi connectivity index (χ1v) is 10.8. The molecule has 1 saturated carbocycles. The van der Waals surface area contributed by atoms with Gasteiger partial charge in [0.25, 0.3) is 0 Å². The average molecular weight is 338 g/mol. The van der Waals surface area contributed by atoms with Crippen molar-refractivity contribution in [1.82, 2.24) is 4.72 Å². The second kappa shape index (κ2) is 5.45. The van der Waals surface area contributed by atoms with Gasteiger partial charge < -0.3 is 10.5 Å². The van der Waals surface area contributed by atoms with Crippen LogP contribution in [0.4, 0.5) is 0 Å². The topological polar surface area (TPSA) is 116 Å². The second-order valence-electron chi connectivity index (χ2n) is 6.26. The van der Waals surface area contributed by atoms with Gasteiger partial charge in [-0.2, -0.15) is 0 Å². The zero-order chi connectivity index (χ0) is 15.3. The van der Waals surface area contributed by atoms with Gasteiger partial charge in [0.15, 0.2) is 0 Å². The van der Waals surface area contributed by atoms with Crippen molar-refractivity contribution in [3.8, 4) is 0 Å². The number of hydrogen-bond donors (Lipinski definition) is 2. The van der Waals surface area contributed by atoms with Gasteiger partial charge in [0.1, 0.15) is 9.84 Å². The molecular formula is C12H22N2O5S2. The van der Waals surface area contributed by atoms with Crippen molar-refractivity contribution in [2.75, 3.05) is 18.1 Å². The van der Waals surface area contributed by atoms with Crippen LogP contribution in [-0.2, 0) is 24.6 Å². The fraction of sp³-hybridized carbons (Fsp3) is 1.00. The molecule has 2 saturated heterocycles. The molecule has 122 valence electrons. The maximum absolute atomic E-state index is 12.4. The third-order valence-corrected chi connectivity index (χ3v) is 8.58. The molecule has 9 heteroatoms. The van der Waals surface area contributed by atoms with E-state index in [1.165, 1.54) is 0 Å². The molecule has 0 spiro atoms. The lowest BCUT2D eigenvalue weighted by Gasteiger charge is -2.52. The van der Waals surface area contributed by atoms with Crippen LogP contribution in [-0.4, -0.2) is 58.4 Å². The molecule has 0 amide bonds. The molecule has 3 N–H and O–H groups in total. The lowest BCUT2D eigenvalue weighted by molar-refractivity contribution is -0.114. The summed E-state index contributed by atoms with van der Waals surface area (Å²) in [5, 5.41) is -0.643. The van der Waals surface area contributed by atoms with Gasteiger partial charge in [0.2, 0.25) is 10.0 Å². The molecule has 0 aromatic rings. The molecule has 21 heavy (non-hydrogen) atoms. The largest absolute Gasteiger partial charge is 0.376 e. The fourth-order valence-electron chi connectivity index (χ4n) is 3.56. The lowest BCUT2D eigenvalue weighted by Crippen LogP contribution is -2.72. The van der Waals surface area contributed by atoms with E-state index in [0.29, 0.717) is 6.61 Å². The Kier molecular flexibility index (Phi) is 4.07. The molecule has 2 heterocycles. The van der Waals surface area contributed by atoms with Crippen LogP contribution in [0.2, 0.25) is 0 Å². The third-order valence-electron chi connectivity index (χ3n) is 4.92. The van der Waals surface area contributed by atoms with E-state index in [1.807, 2.05) is 0 Å². The molecule has 0 radical (unpaired) electrons. The number of nitrogens with two attached hydrogens (primary N) is 1. The molecule has 7 nitrogen and oxygen atoms in total. The van der Waals surface area contributed by atoms with E-state index in [1.54, 1.807) is 0 Å². The summed E-state index contributed by atoms with van der Waals surface area (Å²) in [5.74, 6) is 0.119. The summed E-state index contributed by atoms with van der Waals surface area (Å²) >= 11 is 0. The average Bonchev–Trinajstić information content (AvgIpc) is 2.44. The lowest BCUT2D eigenvalue weighted by atomic mass is 9.69. The van der Waals surface area contributed by atoms with E-state index in [2.05, 4.69) is 4.72 Å². The first-order chi connectivity index (χ1) is 9.80. The molecule has 4 unspecified atom stereocenters. The maximum atomic E-state index is 12.4. The molecule has 3 rings (SSSR count). The number of sulfone groups is 1. The number of hydrogen-bond acceptors (Lipinski definition) is 6. The minimum Gasteiger partial charge on any atom is -0.376 e. The number of rotatable bonds is 3. The Labute approximate surface area is 125 Å². The SMILES string of the molecule is NC1C2CCCOC2C1NS(=O)(=O)C1CCS(=O)(=O)CC1. The van der Waals surface area contributed by atoms with Crippen molar-refractivity contribution in [2.45, 2.75) is 49.1 Å². The molecule has 1 aliphatic carbocycles. The van der Waals surface area contributed by atoms with Crippen molar-refractivity contribution >= 4 is 19.9 Å². The molecule has 3 aliphatic rings. The second-order valence-corrected chi connectivity index (χ2v) is 10.6. The van der Waals surface area contributed by atoms with Crippen molar-refractivity contribution < 1.29 is 21.6 Å². The number of sulfonamides is 1. The monoisotopic (exact) mass is 338 g/mol. The number of ether oxygens (including phenoxy) is 1. The normalized spacial score (nSPS) is 40.2. The van der Waals surface area contributed by atoms with Gasteiger partial charge in [0, 0.05) is 18.6 Å². The summed E-state index contributed by atoms with van der Waals surface area (Å²) in [7, 11) is -6.62. The quantitative estimate of drug-likeness (QED) is 0.681. The van der Waals surface area contributed by atoms with Crippen molar-refractivity contribution in [3.05, 3.63) is 0 Å². The van der Waals surface area contributed by atoms with E-state index in [4.69, 9.17) is 10.5 Å². The third kappa shape index (κ3) is 2.98. The van der Waals surface area contributed by atoms with Crippen LogP contribution in [0.5, 0.6) is 0 Å². The highest BCUT2D eigenvalue weighted by Crippen LogP contribution is 2.37. The van der Waals surface area contributed by atoms with Gasteiger partial charge in [-0.15, -0.1) is 0 Å². The minimum atomic E-state index is -3.55. The highest BCUT2D eigenvalue weighted by Gasteiger charge is 2.52. The van der Waals surface area contributed by atoms with E-state index in [9.17, 15) is 16.8 Å². The van der Waals surface area contributed by atoms with Gasteiger partial charge in [-0.25, -0.2) is 21.6 Å². The van der Waals surface area contributed by atoms with Crippen molar-refractivity contribution in [3.63, 3.8) is 0 Å². The molecule has 0 bridgehead atoms. The van der Waals surface area contributed by atoms with Crippen LogP contribution < -0.4 is 10.5 Å². The van der Waals surface area contributed by atoms with Crippen LogP contribution in [0.3, 0.4) is 0 Å². The summed E-state index contributed by atoms with van der Waals surface area (Å²) in [4.78, 5) is 0. The summed E-state index contributed by atoms with van der Waals surface area (Å²) in [6.07, 6.45) is 2.14. The Morgan fingerprint density at radius 1 is 1.14 bits per heavy atom. The Bertz CT molecular complexity index is 589. The molecular weight excluding hydrogens is 316 g/mol. The maximum Gasteiger partial charge on any atom is 0.214 e. The Morgan fingerprint density at radius 3 is 2.48 bits per heavy atom. The smallest absolute Gasteiger partial charge is 0.214 e. The summed E-state index contributed by atoms with van der Waals surface area (Å²) in [6, 6.07) is -0.587. The molecule has 2 aliphatic heterocycles. The number of nitrogens with one attached hydrogen (secondary N) is 1. The Hall–Kier alpha value is -0.220. The van der Waals surface area contributed by atoms with Gasteiger partial charge in [-0.1, -0.05) is 0 Å². The predicted octanol–water partition coefficient (Wildman–Crippen LogP) is -1.01. The minimum absolute atomic E-state index is 0.0577. The van der Waals surface area contributed by atoms with Gasteiger partial charge >= 0.3 is 0 Å². The van der Waals surface area contributed by atoms with Crippen LogP contribution in [0.15, 0.2) is 0 Å². The Morgan fingerprint density at radius 2 is 1.81 bits per heavy atom. The van der Waals surface area contributed by atoms with E-state index < -0.39 is 25.1 Å². The standard InChI is InChI=1S/C12H22N2O5S2/c13-10-9-2-1-5-19-12(9)11(10)14-21(17,18)8-3-6-20(15,16)7-4-8/h8-12,14H,1-7,13H2. The molecule has 0 aromatic heterocycles. The van der Waals surface area contributed by atoms with Crippen LogP contribution >= 0.6 is 0 Å². The van der Waals surface area contributed by atoms with Gasteiger partial charge in [0.05, 0.1) is 28.9 Å². The predicted molar refractivity (Wildman–Crippen MR) is 78.0 cm³/mol. The van der Waals surface area contributed by atoms with E-state index in [0.717, 1.165) is 12.8 Å². The summed E-state index contributed by atoms with van der Waals surface area (Å²) in [6.45, 7) is 0.647. The summed E-state index contributed by atoms with van der Waals surface area (Å²) < 4.78 is 55.9. The molecule has 0 aromatic carbocycles. The first-order valence-electron chi connectivity index (χ1n) is 7.39. The fourth-order valence-corrected chi connectivity index (χ4v) is 7.07. The first kappa shape index (κ1) is 15.7. The van der Waals surface area contributed by atoms with Gasteiger partial charge in [-0.05, 0) is 25.7 Å². The van der Waals surface area contributed by atoms with Crippen molar-refractivity contribution in [2.24, 2.45) is 11.7 Å². The Balaban J connectivity index is 1.64. The van der Waals surface area contributed by atoms with Crippen LogP contribution in [0.25, 0.3) is 0 Å². The van der Waals surface area contributed by atoms with Crippen molar-refractivity contribution in [1.29, 1.82) is 0 Å². The van der Waals surface area contributed by atoms with E-state index >= 15 is 0 Å². The van der Waals surface area contributed by atoms with Crippen LogP contribution in [0, 0.1) is 5.92 Å². The zero-order valence-corrected chi connectivity index (χ0v) is 13.4. The molecule has 3 fully saturated rings. The summed E-state index contributed by atoms with van der Waals surface area (Å²) in [5.41, 5.74) is 6.05. The highest BCUT2D eigenvalue weighted by molar-refractivity contribution is 7.92.